The summed E-state index contributed by atoms with van der Waals surface area (Å²) >= 11 is 0. The second kappa shape index (κ2) is 6.27. The fourth-order valence-corrected chi connectivity index (χ4v) is 4.12. The summed E-state index contributed by atoms with van der Waals surface area (Å²) < 4.78 is 11.9. The van der Waals surface area contributed by atoms with E-state index in [0.29, 0.717) is 24.2 Å². The minimum atomic E-state index is 0.362. The van der Waals surface area contributed by atoms with Gasteiger partial charge in [0.25, 0.3) is 0 Å². The molecule has 3 nitrogen and oxygen atoms in total. The Balaban J connectivity index is 1.69. The van der Waals surface area contributed by atoms with Gasteiger partial charge in [-0.25, -0.2) is 0 Å². The summed E-state index contributed by atoms with van der Waals surface area (Å²) in [5.41, 5.74) is 0.373. The molecule has 0 amide bonds. The van der Waals surface area contributed by atoms with E-state index in [2.05, 4.69) is 12.2 Å². The molecule has 0 bridgehead atoms. The van der Waals surface area contributed by atoms with Gasteiger partial charge in [0.2, 0.25) is 0 Å². The van der Waals surface area contributed by atoms with Crippen LogP contribution in [0.4, 0.5) is 0 Å². The maximum Gasteiger partial charge on any atom is 0.123 e. The van der Waals surface area contributed by atoms with Crippen molar-refractivity contribution in [2.75, 3.05) is 13.2 Å². The van der Waals surface area contributed by atoms with E-state index in [1.165, 1.54) is 25.7 Å². The summed E-state index contributed by atoms with van der Waals surface area (Å²) in [6, 6.07) is 8.72. The number of hydrogen-bond donors (Lipinski definition) is 1. The predicted molar refractivity (Wildman–Crippen MR) is 85.0 cm³/mol. The fourth-order valence-electron chi connectivity index (χ4n) is 4.12. The molecule has 3 rings (SSSR count). The van der Waals surface area contributed by atoms with E-state index in [9.17, 15) is 0 Å². The first-order valence-corrected chi connectivity index (χ1v) is 8.41. The topological polar surface area (TPSA) is 30.5 Å². The quantitative estimate of drug-likeness (QED) is 0.864. The van der Waals surface area contributed by atoms with Crippen LogP contribution in [-0.2, 0) is 0 Å². The summed E-state index contributed by atoms with van der Waals surface area (Å²) in [6.07, 6.45) is 6.80. The lowest BCUT2D eigenvalue weighted by molar-refractivity contribution is -0.0756. The molecular formula is C18H27NO2. The molecule has 2 saturated carbocycles. The fraction of sp³-hybridized carbons (Fsp3) is 0.667. The molecule has 2 unspecified atom stereocenters. The molecule has 1 N–H and O–H groups in total. The van der Waals surface area contributed by atoms with Gasteiger partial charge in [-0.3, -0.25) is 0 Å². The Morgan fingerprint density at radius 3 is 2.67 bits per heavy atom. The van der Waals surface area contributed by atoms with Gasteiger partial charge in [0, 0.05) is 23.9 Å². The average Bonchev–Trinajstić information content (AvgIpc) is 3.00. The van der Waals surface area contributed by atoms with Crippen LogP contribution in [0.1, 0.15) is 46.0 Å². The maximum atomic E-state index is 6.33. The van der Waals surface area contributed by atoms with E-state index in [-0.39, 0.29) is 0 Å². The minimum Gasteiger partial charge on any atom is -0.494 e. The highest BCUT2D eigenvalue weighted by Gasteiger charge is 2.57. The summed E-state index contributed by atoms with van der Waals surface area (Å²) in [4.78, 5) is 0. The van der Waals surface area contributed by atoms with Crippen molar-refractivity contribution in [3.8, 4) is 11.5 Å². The zero-order valence-electron chi connectivity index (χ0n) is 13.2. The van der Waals surface area contributed by atoms with Crippen molar-refractivity contribution in [1.29, 1.82) is 0 Å². The van der Waals surface area contributed by atoms with Crippen LogP contribution in [0, 0.1) is 5.41 Å². The Bertz CT molecular complexity index is 468. The molecule has 1 aromatic rings. The lowest BCUT2D eigenvalue weighted by Gasteiger charge is -2.54. The summed E-state index contributed by atoms with van der Waals surface area (Å²) in [5.74, 6) is 1.85. The van der Waals surface area contributed by atoms with Crippen molar-refractivity contribution in [3.63, 3.8) is 0 Å². The Kier molecular flexibility index (Phi) is 4.39. The van der Waals surface area contributed by atoms with Crippen molar-refractivity contribution in [2.45, 2.75) is 58.1 Å². The second-order valence-electron chi connectivity index (χ2n) is 6.30. The lowest BCUT2D eigenvalue weighted by atomic mass is 9.60. The van der Waals surface area contributed by atoms with Gasteiger partial charge in [-0.1, -0.05) is 25.8 Å². The van der Waals surface area contributed by atoms with E-state index >= 15 is 0 Å². The van der Waals surface area contributed by atoms with Crippen LogP contribution in [0.2, 0.25) is 0 Å². The number of hydrogen-bond acceptors (Lipinski definition) is 3. The summed E-state index contributed by atoms with van der Waals surface area (Å²) in [7, 11) is 0. The number of ether oxygens (including phenoxy) is 2. The monoisotopic (exact) mass is 289 g/mol. The molecule has 3 heteroatoms. The van der Waals surface area contributed by atoms with Crippen molar-refractivity contribution in [2.24, 2.45) is 5.41 Å². The minimum absolute atomic E-state index is 0.362. The highest BCUT2D eigenvalue weighted by molar-refractivity contribution is 5.33. The number of benzene rings is 1. The molecule has 1 aromatic carbocycles. The highest BCUT2D eigenvalue weighted by Crippen LogP contribution is 2.54. The molecule has 116 valence electrons. The van der Waals surface area contributed by atoms with Gasteiger partial charge in [0.1, 0.15) is 17.6 Å². The molecule has 0 saturated heterocycles. The molecule has 0 radical (unpaired) electrons. The molecule has 0 heterocycles. The largest absolute Gasteiger partial charge is 0.494 e. The van der Waals surface area contributed by atoms with Crippen LogP contribution in [0.25, 0.3) is 0 Å². The van der Waals surface area contributed by atoms with Crippen LogP contribution >= 0.6 is 0 Å². The van der Waals surface area contributed by atoms with Crippen LogP contribution < -0.4 is 14.8 Å². The zero-order chi connectivity index (χ0) is 14.7. The van der Waals surface area contributed by atoms with Gasteiger partial charge in [-0.2, -0.15) is 0 Å². The highest BCUT2D eigenvalue weighted by atomic mass is 16.5. The predicted octanol–water partition coefficient (Wildman–Crippen LogP) is 3.77. The molecule has 1 spiro atoms. The summed E-state index contributed by atoms with van der Waals surface area (Å²) in [5, 5.41) is 3.66. The third-order valence-corrected chi connectivity index (χ3v) is 5.16. The van der Waals surface area contributed by atoms with Crippen LogP contribution in [-0.4, -0.2) is 25.3 Å². The first-order valence-electron chi connectivity index (χ1n) is 8.41. The average molecular weight is 289 g/mol. The Labute approximate surface area is 128 Å². The van der Waals surface area contributed by atoms with Crippen LogP contribution in [0.15, 0.2) is 24.3 Å². The third kappa shape index (κ3) is 2.76. The molecule has 2 atom stereocenters. The number of nitrogens with one attached hydrogen (secondary N) is 1. The van der Waals surface area contributed by atoms with Gasteiger partial charge in [0.15, 0.2) is 0 Å². The lowest BCUT2D eigenvalue weighted by Crippen LogP contribution is -2.63. The molecule has 2 aliphatic rings. The second-order valence-corrected chi connectivity index (χ2v) is 6.30. The van der Waals surface area contributed by atoms with Crippen LogP contribution in [0.3, 0.4) is 0 Å². The molecule has 2 aliphatic carbocycles. The van der Waals surface area contributed by atoms with Gasteiger partial charge in [-0.15, -0.1) is 0 Å². The van der Waals surface area contributed by atoms with E-state index in [1.807, 2.05) is 31.2 Å². The van der Waals surface area contributed by atoms with Gasteiger partial charge in [0.05, 0.1) is 6.61 Å². The van der Waals surface area contributed by atoms with E-state index in [1.54, 1.807) is 0 Å². The third-order valence-electron chi connectivity index (χ3n) is 5.16. The van der Waals surface area contributed by atoms with Crippen LogP contribution in [0.5, 0.6) is 11.5 Å². The van der Waals surface area contributed by atoms with Gasteiger partial charge < -0.3 is 14.8 Å². The molecule has 0 aromatic heterocycles. The first kappa shape index (κ1) is 14.7. The van der Waals surface area contributed by atoms with E-state index in [0.717, 1.165) is 24.5 Å². The molecule has 21 heavy (non-hydrogen) atoms. The SMILES string of the molecule is CCNC1CC(Oc2cccc(OCC)c2)C12CCCC2. The first-order chi connectivity index (χ1) is 10.3. The Morgan fingerprint density at radius 1 is 1.19 bits per heavy atom. The molecule has 2 fully saturated rings. The van der Waals surface area contributed by atoms with Crippen molar-refractivity contribution >= 4 is 0 Å². The smallest absolute Gasteiger partial charge is 0.123 e. The zero-order valence-corrected chi connectivity index (χ0v) is 13.2. The van der Waals surface area contributed by atoms with Gasteiger partial charge in [-0.05, 0) is 38.4 Å². The van der Waals surface area contributed by atoms with Crippen molar-refractivity contribution in [3.05, 3.63) is 24.3 Å². The van der Waals surface area contributed by atoms with Crippen molar-refractivity contribution < 1.29 is 9.47 Å². The van der Waals surface area contributed by atoms with E-state index in [4.69, 9.17) is 9.47 Å². The van der Waals surface area contributed by atoms with Crippen molar-refractivity contribution in [1.82, 2.24) is 5.32 Å². The standard InChI is InChI=1S/C18H27NO2/c1-3-19-16-13-17(18(16)10-5-6-11-18)21-15-9-7-8-14(12-15)20-4-2/h7-9,12,16-17,19H,3-6,10-11,13H2,1-2H3. The number of rotatable bonds is 6. The Hall–Kier alpha value is -1.22. The summed E-state index contributed by atoms with van der Waals surface area (Å²) in [6.45, 7) is 5.95. The van der Waals surface area contributed by atoms with Gasteiger partial charge >= 0.3 is 0 Å². The maximum absolute atomic E-state index is 6.33. The Morgan fingerprint density at radius 2 is 1.95 bits per heavy atom. The molecule has 0 aliphatic heterocycles. The molecular weight excluding hydrogens is 262 g/mol. The van der Waals surface area contributed by atoms with E-state index < -0.39 is 0 Å². The normalized spacial score (nSPS) is 26.6.